The highest BCUT2D eigenvalue weighted by Crippen LogP contribution is 2.06. The first kappa shape index (κ1) is 17.7. The molecule has 0 radical (unpaired) electrons. The van der Waals surface area contributed by atoms with E-state index in [1.165, 1.54) is 7.05 Å². The van der Waals surface area contributed by atoms with Crippen molar-refractivity contribution < 1.29 is 19.1 Å². The number of unbranched alkanes of at least 4 members (excludes halogenated alkanes) is 1. The molecule has 0 aromatic carbocycles. The number of nitrogens with one attached hydrogen (secondary N) is 2. The van der Waals surface area contributed by atoms with Crippen LogP contribution in [0, 0.1) is 0 Å². The van der Waals surface area contributed by atoms with Gasteiger partial charge in [0.15, 0.2) is 0 Å². The molecule has 0 fully saturated rings. The molecular formula is C13H26N2O4. The van der Waals surface area contributed by atoms with Gasteiger partial charge in [-0.05, 0) is 27.2 Å². The molecule has 1 atom stereocenters. The van der Waals surface area contributed by atoms with Gasteiger partial charge in [0.05, 0.1) is 6.61 Å². The summed E-state index contributed by atoms with van der Waals surface area (Å²) in [6, 6.07) is -0.739. The first-order valence-corrected chi connectivity index (χ1v) is 6.59. The van der Waals surface area contributed by atoms with E-state index in [0.29, 0.717) is 6.61 Å². The Morgan fingerprint density at radius 3 is 2.37 bits per heavy atom. The fraction of sp³-hybridized carbons (Fsp3) is 0.846. The van der Waals surface area contributed by atoms with Crippen molar-refractivity contribution in [1.29, 1.82) is 0 Å². The molecule has 0 saturated carbocycles. The molecule has 0 aliphatic carbocycles. The van der Waals surface area contributed by atoms with Crippen LogP contribution in [0.1, 0.15) is 40.5 Å². The van der Waals surface area contributed by atoms with E-state index < -0.39 is 17.7 Å². The minimum absolute atomic E-state index is 0.138. The second kappa shape index (κ2) is 8.74. The lowest BCUT2D eigenvalue weighted by Crippen LogP contribution is -2.49. The molecular weight excluding hydrogens is 248 g/mol. The third-order valence-corrected chi connectivity index (χ3v) is 2.18. The maximum atomic E-state index is 11.6. The van der Waals surface area contributed by atoms with Crippen LogP contribution in [0.2, 0.25) is 0 Å². The van der Waals surface area contributed by atoms with Gasteiger partial charge in [-0.25, -0.2) is 4.79 Å². The van der Waals surface area contributed by atoms with Crippen molar-refractivity contribution in [1.82, 2.24) is 10.6 Å². The molecule has 0 unspecified atom stereocenters. The normalized spacial score (nSPS) is 12.7. The average molecular weight is 274 g/mol. The van der Waals surface area contributed by atoms with Crippen LogP contribution in [-0.2, 0) is 14.3 Å². The Morgan fingerprint density at radius 1 is 1.26 bits per heavy atom. The van der Waals surface area contributed by atoms with Crippen LogP contribution in [0.5, 0.6) is 0 Å². The Morgan fingerprint density at radius 2 is 1.89 bits per heavy atom. The van der Waals surface area contributed by atoms with Gasteiger partial charge in [-0.2, -0.15) is 0 Å². The fourth-order valence-corrected chi connectivity index (χ4v) is 1.25. The molecule has 6 heteroatoms. The maximum Gasteiger partial charge on any atom is 0.408 e. The average Bonchev–Trinajstić information content (AvgIpc) is 2.29. The Bertz CT molecular complexity index is 287. The number of ether oxygens (including phenoxy) is 2. The van der Waals surface area contributed by atoms with Crippen LogP contribution in [0.3, 0.4) is 0 Å². The van der Waals surface area contributed by atoms with E-state index in [0.717, 1.165) is 12.8 Å². The van der Waals surface area contributed by atoms with Crippen molar-refractivity contribution >= 4 is 12.0 Å². The molecule has 2 amide bonds. The summed E-state index contributed by atoms with van der Waals surface area (Å²) in [6.07, 6.45) is 1.32. The number of alkyl carbamates (subject to hydrolysis) is 1. The molecule has 0 aromatic heterocycles. The largest absolute Gasteiger partial charge is 0.444 e. The number of amides is 2. The van der Waals surface area contributed by atoms with Crippen LogP contribution in [0.25, 0.3) is 0 Å². The van der Waals surface area contributed by atoms with E-state index in [1.54, 1.807) is 20.8 Å². The molecule has 0 rings (SSSR count). The minimum atomic E-state index is -0.739. The van der Waals surface area contributed by atoms with Gasteiger partial charge in [0.2, 0.25) is 5.91 Å². The Balaban J connectivity index is 4.27. The highest BCUT2D eigenvalue weighted by Gasteiger charge is 2.23. The highest BCUT2D eigenvalue weighted by atomic mass is 16.6. The molecule has 19 heavy (non-hydrogen) atoms. The van der Waals surface area contributed by atoms with E-state index in [1.807, 2.05) is 0 Å². The molecule has 0 bridgehead atoms. The van der Waals surface area contributed by atoms with Crippen molar-refractivity contribution in [3.63, 3.8) is 0 Å². The molecule has 0 spiro atoms. The smallest absolute Gasteiger partial charge is 0.408 e. The first-order valence-electron chi connectivity index (χ1n) is 6.59. The summed E-state index contributed by atoms with van der Waals surface area (Å²) >= 11 is 0. The topological polar surface area (TPSA) is 76.7 Å². The predicted molar refractivity (Wildman–Crippen MR) is 73.0 cm³/mol. The molecule has 2 N–H and O–H groups in total. The number of hydrogen-bond acceptors (Lipinski definition) is 4. The number of rotatable bonds is 7. The zero-order valence-corrected chi connectivity index (χ0v) is 12.5. The van der Waals surface area contributed by atoms with Crippen LogP contribution < -0.4 is 10.6 Å². The highest BCUT2D eigenvalue weighted by molar-refractivity contribution is 5.85. The zero-order valence-electron chi connectivity index (χ0n) is 12.5. The molecule has 0 saturated heterocycles. The Hall–Kier alpha value is -1.30. The van der Waals surface area contributed by atoms with E-state index >= 15 is 0 Å². The lowest BCUT2D eigenvalue weighted by Gasteiger charge is -2.22. The van der Waals surface area contributed by atoms with Gasteiger partial charge in [-0.15, -0.1) is 0 Å². The zero-order chi connectivity index (χ0) is 14.9. The summed E-state index contributed by atoms with van der Waals surface area (Å²) in [7, 11) is 1.51. The summed E-state index contributed by atoms with van der Waals surface area (Å²) in [5, 5.41) is 4.99. The first-order chi connectivity index (χ1) is 8.80. The minimum Gasteiger partial charge on any atom is -0.444 e. The molecule has 0 aliphatic rings. The number of likely N-dealkylation sites (N-methyl/N-ethyl adjacent to an activating group) is 1. The van der Waals surface area contributed by atoms with Crippen molar-refractivity contribution in [2.45, 2.75) is 52.2 Å². The third-order valence-electron chi connectivity index (χ3n) is 2.18. The van der Waals surface area contributed by atoms with E-state index in [-0.39, 0.29) is 12.5 Å². The standard InChI is InChI=1S/C13H26N2O4/c1-6-7-8-18-9-10(11(16)14-5)15-12(17)19-13(2,3)4/h10H,6-9H2,1-5H3,(H,14,16)(H,15,17)/t10-/m0/s1. The molecule has 6 nitrogen and oxygen atoms in total. The van der Waals surface area contributed by atoms with Gasteiger partial charge in [0, 0.05) is 13.7 Å². The van der Waals surface area contributed by atoms with E-state index in [9.17, 15) is 9.59 Å². The van der Waals surface area contributed by atoms with Crippen LogP contribution in [0.4, 0.5) is 4.79 Å². The summed E-state index contributed by atoms with van der Waals surface area (Å²) in [5.41, 5.74) is -0.597. The Kier molecular flexibility index (Phi) is 8.14. The fourth-order valence-electron chi connectivity index (χ4n) is 1.25. The monoisotopic (exact) mass is 274 g/mol. The van der Waals surface area contributed by atoms with E-state index in [2.05, 4.69) is 17.6 Å². The number of carbonyl (C=O) groups is 2. The predicted octanol–water partition coefficient (Wildman–Crippen LogP) is 1.44. The second-order valence-corrected chi connectivity index (χ2v) is 5.24. The number of carbonyl (C=O) groups excluding carboxylic acids is 2. The molecule has 112 valence electrons. The molecule has 0 aromatic rings. The van der Waals surface area contributed by atoms with Gasteiger partial charge in [0.25, 0.3) is 0 Å². The van der Waals surface area contributed by atoms with Gasteiger partial charge >= 0.3 is 6.09 Å². The van der Waals surface area contributed by atoms with E-state index in [4.69, 9.17) is 9.47 Å². The van der Waals surface area contributed by atoms with Gasteiger partial charge in [0.1, 0.15) is 11.6 Å². The summed E-state index contributed by atoms with van der Waals surface area (Å²) in [5.74, 6) is -0.303. The van der Waals surface area contributed by atoms with Crippen LogP contribution >= 0.6 is 0 Å². The lowest BCUT2D eigenvalue weighted by atomic mass is 10.2. The van der Waals surface area contributed by atoms with Crippen molar-refractivity contribution in [3.05, 3.63) is 0 Å². The molecule has 0 heterocycles. The lowest BCUT2D eigenvalue weighted by molar-refractivity contribution is -0.124. The summed E-state index contributed by atoms with van der Waals surface area (Å²) in [4.78, 5) is 23.2. The van der Waals surface area contributed by atoms with Crippen molar-refractivity contribution in [3.8, 4) is 0 Å². The summed E-state index contributed by atoms with van der Waals surface area (Å²) in [6.45, 7) is 8.05. The van der Waals surface area contributed by atoms with Crippen molar-refractivity contribution in [2.75, 3.05) is 20.3 Å². The molecule has 0 aliphatic heterocycles. The Labute approximate surface area is 115 Å². The second-order valence-electron chi connectivity index (χ2n) is 5.24. The van der Waals surface area contributed by atoms with Gasteiger partial charge in [-0.3, -0.25) is 4.79 Å². The van der Waals surface area contributed by atoms with Crippen molar-refractivity contribution in [2.24, 2.45) is 0 Å². The van der Waals surface area contributed by atoms with Crippen LogP contribution in [0.15, 0.2) is 0 Å². The van der Waals surface area contributed by atoms with Gasteiger partial charge in [-0.1, -0.05) is 13.3 Å². The van der Waals surface area contributed by atoms with Crippen LogP contribution in [-0.4, -0.2) is 43.9 Å². The summed E-state index contributed by atoms with van der Waals surface area (Å²) < 4.78 is 10.5. The van der Waals surface area contributed by atoms with Gasteiger partial charge < -0.3 is 20.1 Å². The maximum absolute atomic E-state index is 11.6. The quantitative estimate of drug-likeness (QED) is 0.689. The number of hydrogen-bond donors (Lipinski definition) is 2. The third kappa shape index (κ3) is 9.30. The SMILES string of the molecule is CCCCOC[C@H](NC(=O)OC(C)(C)C)C(=O)NC.